The molecule has 0 aromatic heterocycles. The Hall–Kier alpha value is -2.20. The predicted molar refractivity (Wildman–Crippen MR) is 75.2 cm³/mol. The van der Waals surface area contributed by atoms with Gasteiger partial charge in [0.05, 0.1) is 5.02 Å². The van der Waals surface area contributed by atoms with E-state index < -0.39 is 0 Å². The Morgan fingerprint density at radius 2 is 2.00 bits per heavy atom. The maximum absolute atomic E-state index is 8.67. The molecule has 0 bridgehead atoms. The van der Waals surface area contributed by atoms with Gasteiger partial charge in [0.1, 0.15) is 11.5 Å². The molecule has 5 heteroatoms. The number of hydrogen-bond donors (Lipinski definition) is 2. The minimum atomic E-state index is 0.0711. The average molecular weight is 277 g/mol. The van der Waals surface area contributed by atoms with E-state index in [9.17, 15) is 0 Å². The average Bonchev–Trinajstić information content (AvgIpc) is 2.41. The van der Waals surface area contributed by atoms with Crippen LogP contribution in [0.3, 0.4) is 0 Å². The number of nitrogens with zero attached hydrogens (tertiary/aromatic N) is 1. The van der Waals surface area contributed by atoms with E-state index in [-0.39, 0.29) is 5.84 Å². The third-order valence-corrected chi connectivity index (χ3v) is 2.96. The van der Waals surface area contributed by atoms with Crippen LogP contribution in [0.15, 0.2) is 47.6 Å². The standard InChI is InChI=1S/C14H13ClN2O2/c1-9-8-10(6-7-11(9)14(16)17-18)19-13-5-3-2-4-12(13)15/h2-8,18H,1H3,(H2,16,17). The number of nitrogens with two attached hydrogens (primary N) is 1. The molecule has 19 heavy (non-hydrogen) atoms. The molecule has 0 atom stereocenters. The molecule has 0 aliphatic carbocycles. The van der Waals surface area contributed by atoms with E-state index in [2.05, 4.69) is 5.16 Å². The Morgan fingerprint density at radius 3 is 2.63 bits per heavy atom. The number of oxime groups is 1. The second-order valence-corrected chi connectivity index (χ2v) is 4.40. The van der Waals surface area contributed by atoms with Gasteiger partial charge in [-0.1, -0.05) is 28.9 Å². The highest BCUT2D eigenvalue weighted by atomic mass is 35.5. The van der Waals surface area contributed by atoms with Crippen LogP contribution in [-0.2, 0) is 0 Å². The first-order valence-electron chi connectivity index (χ1n) is 5.62. The summed E-state index contributed by atoms with van der Waals surface area (Å²) < 4.78 is 5.68. The number of amidine groups is 1. The van der Waals surface area contributed by atoms with Crippen molar-refractivity contribution in [3.8, 4) is 11.5 Å². The molecule has 2 aromatic carbocycles. The van der Waals surface area contributed by atoms with Gasteiger partial charge in [0.2, 0.25) is 0 Å². The summed E-state index contributed by atoms with van der Waals surface area (Å²) in [5, 5.41) is 12.2. The summed E-state index contributed by atoms with van der Waals surface area (Å²) >= 11 is 6.02. The molecule has 0 heterocycles. The Labute approximate surface area is 116 Å². The number of rotatable bonds is 3. The topological polar surface area (TPSA) is 67.8 Å². The molecule has 0 saturated heterocycles. The van der Waals surface area contributed by atoms with Crippen LogP contribution < -0.4 is 10.5 Å². The molecule has 2 rings (SSSR count). The first-order valence-corrected chi connectivity index (χ1v) is 6.00. The fourth-order valence-corrected chi connectivity index (χ4v) is 1.87. The normalized spacial score (nSPS) is 11.4. The second-order valence-electron chi connectivity index (χ2n) is 3.99. The maximum Gasteiger partial charge on any atom is 0.170 e. The first kappa shape index (κ1) is 13.2. The minimum absolute atomic E-state index is 0.0711. The maximum atomic E-state index is 8.67. The quantitative estimate of drug-likeness (QED) is 0.390. The van der Waals surface area contributed by atoms with Crippen molar-refractivity contribution in [2.75, 3.05) is 0 Å². The molecule has 2 aromatic rings. The van der Waals surface area contributed by atoms with Gasteiger partial charge in [-0.2, -0.15) is 0 Å². The molecule has 4 nitrogen and oxygen atoms in total. The second kappa shape index (κ2) is 5.63. The lowest BCUT2D eigenvalue weighted by atomic mass is 10.1. The third-order valence-electron chi connectivity index (χ3n) is 2.65. The largest absolute Gasteiger partial charge is 0.456 e. The first-order chi connectivity index (χ1) is 9.11. The summed E-state index contributed by atoms with van der Waals surface area (Å²) in [6, 6.07) is 12.5. The van der Waals surface area contributed by atoms with Crippen LogP contribution >= 0.6 is 11.6 Å². The summed E-state index contributed by atoms with van der Waals surface area (Å²) in [4.78, 5) is 0. The Balaban J connectivity index is 2.29. The molecule has 0 spiro atoms. The van der Waals surface area contributed by atoms with Crippen LogP contribution in [0.5, 0.6) is 11.5 Å². The van der Waals surface area contributed by atoms with Crippen molar-refractivity contribution in [1.29, 1.82) is 0 Å². The highest BCUT2D eigenvalue weighted by molar-refractivity contribution is 6.32. The molecule has 98 valence electrons. The van der Waals surface area contributed by atoms with Crippen LogP contribution in [0.4, 0.5) is 0 Å². The van der Waals surface area contributed by atoms with Crippen molar-refractivity contribution in [2.24, 2.45) is 10.9 Å². The fraction of sp³-hybridized carbons (Fsp3) is 0.0714. The Kier molecular flexibility index (Phi) is 3.92. The zero-order valence-electron chi connectivity index (χ0n) is 10.3. The van der Waals surface area contributed by atoms with E-state index in [1.165, 1.54) is 0 Å². The van der Waals surface area contributed by atoms with Crippen LogP contribution in [-0.4, -0.2) is 11.0 Å². The zero-order chi connectivity index (χ0) is 13.8. The molecule has 0 radical (unpaired) electrons. The van der Waals surface area contributed by atoms with Gasteiger partial charge in [-0.25, -0.2) is 0 Å². The molecule has 0 amide bonds. The summed E-state index contributed by atoms with van der Waals surface area (Å²) in [6.07, 6.45) is 0. The van der Waals surface area contributed by atoms with Crippen LogP contribution in [0.1, 0.15) is 11.1 Å². The highest BCUT2D eigenvalue weighted by Crippen LogP contribution is 2.29. The van der Waals surface area contributed by atoms with E-state index >= 15 is 0 Å². The molecule has 3 N–H and O–H groups in total. The van der Waals surface area contributed by atoms with Crippen LogP contribution in [0, 0.1) is 6.92 Å². The summed E-state index contributed by atoms with van der Waals surface area (Å²) in [7, 11) is 0. The van der Waals surface area contributed by atoms with Crippen LogP contribution in [0.25, 0.3) is 0 Å². The number of aryl methyl sites for hydroxylation is 1. The SMILES string of the molecule is Cc1cc(Oc2ccccc2Cl)ccc1/C(N)=N/O. The van der Waals surface area contributed by atoms with Gasteiger partial charge in [0, 0.05) is 5.56 Å². The summed E-state index contributed by atoms with van der Waals surface area (Å²) in [6.45, 7) is 1.85. The molecular weight excluding hydrogens is 264 g/mol. The Morgan fingerprint density at radius 1 is 1.26 bits per heavy atom. The van der Waals surface area contributed by atoms with Gasteiger partial charge in [0.15, 0.2) is 5.84 Å². The van der Waals surface area contributed by atoms with Gasteiger partial charge in [0.25, 0.3) is 0 Å². The molecule has 0 unspecified atom stereocenters. The molecular formula is C14H13ClN2O2. The smallest absolute Gasteiger partial charge is 0.170 e. The van der Waals surface area contributed by atoms with Crippen molar-refractivity contribution in [2.45, 2.75) is 6.92 Å². The number of para-hydroxylation sites is 1. The van der Waals surface area contributed by atoms with E-state index in [4.69, 9.17) is 27.3 Å². The number of benzene rings is 2. The lowest BCUT2D eigenvalue weighted by molar-refractivity contribution is 0.318. The zero-order valence-corrected chi connectivity index (χ0v) is 11.1. The Bertz CT molecular complexity index is 627. The van der Waals surface area contributed by atoms with Gasteiger partial charge >= 0.3 is 0 Å². The van der Waals surface area contributed by atoms with Gasteiger partial charge in [-0.3, -0.25) is 0 Å². The van der Waals surface area contributed by atoms with Crippen molar-refractivity contribution < 1.29 is 9.94 Å². The van der Waals surface area contributed by atoms with Crippen molar-refractivity contribution >= 4 is 17.4 Å². The summed E-state index contributed by atoms with van der Waals surface area (Å²) in [5.74, 6) is 1.29. The molecule has 0 aliphatic rings. The van der Waals surface area contributed by atoms with E-state index in [0.717, 1.165) is 5.56 Å². The minimum Gasteiger partial charge on any atom is -0.456 e. The number of halogens is 1. The lowest BCUT2D eigenvalue weighted by Crippen LogP contribution is -2.14. The fourth-order valence-electron chi connectivity index (χ4n) is 1.70. The summed E-state index contributed by atoms with van der Waals surface area (Å²) in [5.41, 5.74) is 7.07. The van der Waals surface area contributed by atoms with Gasteiger partial charge in [-0.05, 0) is 42.8 Å². The highest BCUT2D eigenvalue weighted by Gasteiger charge is 2.07. The van der Waals surface area contributed by atoms with Gasteiger partial charge < -0.3 is 15.7 Å². The molecule has 0 saturated carbocycles. The predicted octanol–water partition coefficient (Wildman–Crippen LogP) is 3.54. The molecule has 0 fully saturated rings. The van der Waals surface area contributed by atoms with E-state index in [0.29, 0.717) is 22.1 Å². The number of ether oxygens (including phenoxy) is 1. The number of hydrogen-bond acceptors (Lipinski definition) is 3. The molecule has 0 aliphatic heterocycles. The van der Waals surface area contributed by atoms with Crippen molar-refractivity contribution in [3.63, 3.8) is 0 Å². The van der Waals surface area contributed by atoms with Crippen LogP contribution in [0.2, 0.25) is 5.02 Å². The lowest BCUT2D eigenvalue weighted by Gasteiger charge is -2.10. The van der Waals surface area contributed by atoms with E-state index in [1.54, 1.807) is 30.3 Å². The van der Waals surface area contributed by atoms with Crippen molar-refractivity contribution in [3.05, 3.63) is 58.6 Å². The van der Waals surface area contributed by atoms with Crippen molar-refractivity contribution in [1.82, 2.24) is 0 Å². The third kappa shape index (κ3) is 2.98. The van der Waals surface area contributed by atoms with E-state index in [1.807, 2.05) is 19.1 Å². The van der Waals surface area contributed by atoms with Gasteiger partial charge in [-0.15, -0.1) is 0 Å². The monoisotopic (exact) mass is 276 g/mol.